The summed E-state index contributed by atoms with van der Waals surface area (Å²) in [6, 6.07) is 5.24. The van der Waals surface area contributed by atoms with Crippen molar-refractivity contribution in [2.45, 2.75) is 44.4 Å². The van der Waals surface area contributed by atoms with E-state index in [9.17, 15) is 4.79 Å². The van der Waals surface area contributed by atoms with Gasteiger partial charge in [0.1, 0.15) is 5.69 Å². The van der Waals surface area contributed by atoms with Crippen molar-refractivity contribution < 1.29 is 19.0 Å². The molecular formula is C18H26N2O4. The van der Waals surface area contributed by atoms with Crippen molar-refractivity contribution in [3.63, 3.8) is 0 Å². The minimum atomic E-state index is -0.194. The largest absolute Gasteiger partial charge is 0.379 e. The lowest BCUT2D eigenvalue weighted by Gasteiger charge is -2.34. The highest BCUT2D eigenvalue weighted by Crippen LogP contribution is 2.27. The molecule has 1 aromatic heterocycles. The molecular weight excluding hydrogens is 308 g/mol. The standard InChI is InChI=1S/C18H26N2O4/c1-22-11-14-6-3-7-15(19-14)18(21)20-16-12-23-9-8-17(16)24-10-13-4-2-5-13/h3,6-7,13,16-17H,2,4-5,8-12H2,1H3,(H,20,21)/t16-,17+/m1/s1. The van der Waals surface area contributed by atoms with Gasteiger partial charge < -0.3 is 19.5 Å². The molecule has 0 radical (unpaired) electrons. The molecule has 1 aliphatic carbocycles. The minimum Gasteiger partial charge on any atom is -0.379 e. The lowest BCUT2D eigenvalue weighted by molar-refractivity contribution is -0.0697. The quantitative estimate of drug-likeness (QED) is 0.825. The van der Waals surface area contributed by atoms with Crippen LogP contribution in [0.15, 0.2) is 18.2 Å². The van der Waals surface area contributed by atoms with E-state index in [-0.39, 0.29) is 18.1 Å². The van der Waals surface area contributed by atoms with Crippen molar-refractivity contribution in [2.75, 3.05) is 26.9 Å². The number of hydrogen-bond acceptors (Lipinski definition) is 5. The van der Waals surface area contributed by atoms with Gasteiger partial charge in [-0.3, -0.25) is 4.79 Å². The summed E-state index contributed by atoms with van der Waals surface area (Å²) >= 11 is 0. The van der Waals surface area contributed by atoms with Gasteiger partial charge >= 0.3 is 0 Å². The van der Waals surface area contributed by atoms with E-state index in [4.69, 9.17) is 14.2 Å². The molecule has 0 spiro atoms. The molecule has 6 heteroatoms. The molecule has 1 aliphatic heterocycles. The zero-order valence-electron chi connectivity index (χ0n) is 14.2. The van der Waals surface area contributed by atoms with E-state index < -0.39 is 0 Å². The number of rotatable bonds is 7. The van der Waals surface area contributed by atoms with Gasteiger partial charge in [0.15, 0.2) is 0 Å². The van der Waals surface area contributed by atoms with Crippen LogP contribution >= 0.6 is 0 Å². The highest BCUT2D eigenvalue weighted by Gasteiger charge is 2.30. The highest BCUT2D eigenvalue weighted by molar-refractivity contribution is 5.92. The minimum absolute atomic E-state index is 0.0189. The summed E-state index contributed by atoms with van der Waals surface area (Å²) in [4.78, 5) is 16.8. The smallest absolute Gasteiger partial charge is 0.270 e. The Labute approximate surface area is 142 Å². The summed E-state index contributed by atoms with van der Waals surface area (Å²) in [5.74, 6) is 0.497. The lowest BCUT2D eigenvalue weighted by atomic mass is 9.86. The van der Waals surface area contributed by atoms with Crippen LogP contribution in [0.1, 0.15) is 41.9 Å². The summed E-state index contributed by atoms with van der Waals surface area (Å²) in [5, 5.41) is 3.02. The number of amides is 1. The average Bonchev–Trinajstić information content (AvgIpc) is 2.55. The first-order chi connectivity index (χ1) is 11.8. The normalized spacial score (nSPS) is 24.4. The molecule has 2 atom stereocenters. The zero-order valence-corrected chi connectivity index (χ0v) is 14.2. The summed E-state index contributed by atoms with van der Waals surface area (Å²) in [5.41, 5.74) is 1.13. The van der Waals surface area contributed by atoms with Crippen LogP contribution in [0.3, 0.4) is 0 Å². The fourth-order valence-corrected chi connectivity index (χ4v) is 3.05. The predicted molar refractivity (Wildman–Crippen MR) is 88.7 cm³/mol. The second kappa shape index (κ2) is 8.55. The van der Waals surface area contributed by atoms with Gasteiger partial charge in [-0.25, -0.2) is 4.98 Å². The molecule has 1 N–H and O–H groups in total. The van der Waals surface area contributed by atoms with Crippen LogP contribution in [-0.2, 0) is 20.8 Å². The first-order valence-corrected chi connectivity index (χ1v) is 8.71. The number of carbonyl (C=O) groups is 1. The third-order valence-corrected chi connectivity index (χ3v) is 4.71. The van der Waals surface area contributed by atoms with Crippen molar-refractivity contribution in [2.24, 2.45) is 5.92 Å². The maximum atomic E-state index is 12.5. The van der Waals surface area contributed by atoms with Gasteiger partial charge in [-0.05, 0) is 37.3 Å². The van der Waals surface area contributed by atoms with Crippen LogP contribution in [0, 0.1) is 5.92 Å². The Morgan fingerprint density at radius 1 is 1.38 bits per heavy atom. The number of aromatic nitrogens is 1. The van der Waals surface area contributed by atoms with Gasteiger partial charge in [0.05, 0.1) is 31.1 Å². The molecule has 0 aromatic carbocycles. The first kappa shape index (κ1) is 17.3. The summed E-state index contributed by atoms with van der Waals surface area (Å²) < 4.78 is 16.7. The molecule has 2 fully saturated rings. The Morgan fingerprint density at radius 3 is 3.00 bits per heavy atom. The SMILES string of the molecule is COCc1cccc(C(=O)N[C@@H]2COCC[C@@H]2OCC2CCC2)n1. The van der Waals surface area contributed by atoms with Crippen molar-refractivity contribution >= 4 is 5.91 Å². The second-order valence-corrected chi connectivity index (χ2v) is 6.56. The van der Waals surface area contributed by atoms with E-state index in [0.717, 1.165) is 18.7 Å². The van der Waals surface area contributed by atoms with Crippen molar-refractivity contribution in [1.29, 1.82) is 0 Å². The van der Waals surface area contributed by atoms with Crippen molar-refractivity contribution in [1.82, 2.24) is 10.3 Å². The summed E-state index contributed by atoms with van der Waals surface area (Å²) in [6.07, 6.45) is 4.66. The molecule has 0 unspecified atom stereocenters. The summed E-state index contributed by atoms with van der Waals surface area (Å²) in [6.45, 7) is 2.35. The Morgan fingerprint density at radius 2 is 2.25 bits per heavy atom. The third kappa shape index (κ3) is 4.53. The molecule has 132 valence electrons. The third-order valence-electron chi connectivity index (χ3n) is 4.71. The first-order valence-electron chi connectivity index (χ1n) is 8.71. The topological polar surface area (TPSA) is 69.7 Å². The molecule has 24 heavy (non-hydrogen) atoms. The lowest BCUT2D eigenvalue weighted by Crippen LogP contribution is -2.51. The van der Waals surface area contributed by atoms with Crippen LogP contribution in [0.5, 0.6) is 0 Å². The van der Waals surface area contributed by atoms with Crippen molar-refractivity contribution in [3.05, 3.63) is 29.6 Å². The van der Waals surface area contributed by atoms with Gasteiger partial charge in [-0.15, -0.1) is 0 Å². The number of ether oxygens (including phenoxy) is 3. The number of nitrogens with zero attached hydrogens (tertiary/aromatic N) is 1. The maximum Gasteiger partial charge on any atom is 0.270 e. The molecule has 3 rings (SSSR count). The number of pyridine rings is 1. The number of hydrogen-bond donors (Lipinski definition) is 1. The van der Waals surface area contributed by atoms with Gasteiger partial charge in [0, 0.05) is 20.3 Å². The fourth-order valence-electron chi connectivity index (χ4n) is 3.05. The van der Waals surface area contributed by atoms with E-state index in [1.54, 1.807) is 13.2 Å². The van der Waals surface area contributed by atoms with Crippen LogP contribution < -0.4 is 5.32 Å². The molecule has 2 heterocycles. The van der Waals surface area contributed by atoms with Crippen LogP contribution in [0.4, 0.5) is 0 Å². The predicted octanol–water partition coefficient (Wildman–Crippen LogP) is 1.93. The van der Waals surface area contributed by atoms with E-state index in [0.29, 0.717) is 31.4 Å². The maximum absolute atomic E-state index is 12.5. The molecule has 2 aliphatic rings. The van der Waals surface area contributed by atoms with Crippen LogP contribution in [0.25, 0.3) is 0 Å². The molecule has 6 nitrogen and oxygen atoms in total. The zero-order chi connectivity index (χ0) is 16.8. The molecule has 1 saturated carbocycles. The number of carbonyl (C=O) groups excluding carboxylic acids is 1. The monoisotopic (exact) mass is 334 g/mol. The molecule has 1 amide bonds. The van der Waals surface area contributed by atoms with E-state index in [2.05, 4.69) is 10.3 Å². The second-order valence-electron chi connectivity index (χ2n) is 6.56. The highest BCUT2D eigenvalue weighted by atomic mass is 16.5. The van der Waals surface area contributed by atoms with Gasteiger partial charge in [-0.1, -0.05) is 12.5 Å². The van der Waals surface area contributed by atoms with Crippen molar-refractivity contribution in [3.8, 4) is 0 Å². The Kier molecular flexibility index (Phi) is 6.18. The van der Waals surface area contributed by atoms with E-state index in [1.165, 1.54) is 19.3 Å². The Balaban J connectivity index is 1.57. The van der Waals surface area contributed by atoms with Gasteiger partial charge in [0.2, 0.25) is 0 Å². The van der Waals surface area contributed by atoms with Crippen LogP contribution in [-0.4, -0.2) is 50.0 Å². The van der Waals surface area contributed by atoms with Gasteiger partial charge in [-0.2, -0.15) is 0 Å². The fraction of sp³-hybridized carbons (Fsp3) is 0.667. The number of methoxy groups -OCH3 is 1. The molecule has 1 saturated heterocycles. The van der Waals surface area contributed by atoms with E-state index >= 15 is 0 Å². The van der Waals surface area contributed by atoms with E-state index in [1.807, 2.05) is 12.1 Å². The average molecular weight is 334 g/mol. The van der Waals surface area contributed by atoms with Gasteiger partial charge in [0.25, 0.3) is 5.91 Å². The molecule has 0 bridgehead atoms. The summed E-state index contributed by atoms with van der Waals surface area (Å²) in [7, 11) is 1.61. The van der Waals surface area contributed by atoms with Crippen LogP contribution in [0.2, 0.25) is 0 Å². The number of nitrogens with one attached hydrogen (secondary N) is 1. The molecule has 1 aromatic rings. The Hall–Kier alpha value is -1.50. The Bertz CT molecular complexity index is 548.